The zero-order valence-corrected chi connectivity index (χ0v) is 9.99. The Labute approximate surface area is 99.9 Å². The zero-order chi connectivity index (χ0) is 11.8. The molecule has 0 atom stereocenters. The van der Waals surface area contributed by atoms with E-state index >= 15 is 0 Å². The maximum absolute atomic E-state index is 4.44. The Hall–Kier alpha value is -2.04. The molecule has 88 valence electrons. The maximum atomic E-state index is 4.44. The molecular weight excluding hydrogens is 214 g/mol. The fourth-order valence-corrected chi connectivity index (χ4v) is 2.03. The minimum atomic E-state index is 0.707. The number of H-pyrrole nitrogens is 1. The molecule has 1 aliphatic rings. The van der Waals surface area contributed by atoms with Crippen LogP contribution in [-0.4, -0.2) is 35.8 Å². The molecule has 2 N–H and O–H groups in total. The van der Waals surface area contributed by atoms with Crippen LogP contribution in [0.3, 0.4) is 0 Å². The Morgan fingerprint density at radius 1 is 1.29 bits per heavy atom. The Morgan fingerprint density at radius 2 is 2.18 bits per heavy atom. The van der Waals surface area contributed by atoms with Crippen molar-refractivity contribution in [2.24, 2.45) is 0 Å². The average molecular weight is 229 g/mol. The van der Waals surface area contributed by atoms with Gasteiger partial charge in [0.2, 0.25) is 5.95 Å². The topological polar surface area (TPSA) is 56.8 Å². The molecule has 3 rings (SSSR count). The van der Waals surface area contributed by atoms with Gasteiger partial charge in [0.05, 0.1) is 0 Å². The third-order valence-corrected chi connectivity index (χ3v) is 2.96. The van der Waals surface area contributed by atoms with E-state index < -0.39 is 0 Å². The smallest absolute Gasteiger partial charge is 0.244 e. The van der Waals surface area contributed by atoms with Crippen molar-refractivity contribution in [2.45, 2.75) is 6.42 Å². The van der Waals surface area contributed by atoms with Crippen LogP contribution >= 0.6 is 0 Å². The molecule has 0 fully saturated rings. The average Bonchev–Trinajstić information content (AvgIpc) is 2.97. The van der Waals surface area contributed by atoms with Crippen LogP contribution in [0.2, 0.25) is 0 Å². The molecule has 1 aromatic heterocycles. The van der Waals surface area contributed by atoms with Gasteiger partial charge in [-0.15, -0.1) is 5.10 Å². The van der Waals surface area contributed by atoms with Crippen LogP contribution < -0.4 is 10.2 Å². The van der Waals surface area contributed by atoms with Crippen LogP contribution in [0, 0.1) is 0 Å². The van der Waals surface area contributed by atoms with Gasteiger partial charge in [0, 0.05) is 31.9 Å². The van der Waals surface area contributed by atoms with Crippen molar-refractivity contribution in [2.75, 3.05) is 30.9 Å². The molecule has 0 saturated heterocycles. The van der Waals surface area contributed by atoms with Crippen LogP contribution in [0.4, 0.5) is 11.6 Å². The van der Waals surface area contributed by atoms with E-state index in [0.717, 1.165) is 24.4 Å². The van der Waals surface area contributed by atoms with Crippen LogP contribution in [0.5, 0.6) is 0 Å². The van der Waals surface area contributed by atoms with Crippen LogP contribution in [-0.2, 0) is 6.42 Å². The highest BCUT2D eigenvalue weighted by Crippen LogP contribution is 2.27. The normalized spacial score (nSPS) is 13.3. The molecule has 0 saturated carbocycles. The highest BCUT2D eigenvalue weighted by Gasteiger charge is 2.13. The molecule has 0 spiro atoms. The van der Waals surface area contributed by atoms with E-state index in [4.69, 9.17) is 0 Å². The predicted octanol–water partition coefficient (Wildman–Crippen LogP) is 1.51. The van der Waals surface area contributed by atoms with Crippen molar-refractivity contribution < 1.29 is 0 Å². The van der Waals surface area contributed by atoms with Gasteiger partial charge in [-0.3, -0.25) is 5.10 Å². The Kier molecular flexibility index (Phi) is 2.24. The number of rotatable bonds is 2. The van der Waals surface area contributed by atoms with Crippen molar-refractivity contribution in [1.29, 1.82) is 0 Å². The lowest BCUT2D eigenvalue weighted by Gasteiger charge is -2.04. The zero-order valence-electron chi connectivity index (χ0n) is 9.99. The molecule has 0 amide bonds. The fourth-order valence-electron chi connectivity index (χ4n) is 2.03. The summed E-state index contributed by atoms with van der Waals surface area (Å²) in [6, 6.07) is 6.35. The van der Waals surface area contributed by atoms with Gasteiger partial charge in [-0.2, -0.15) is 4.98 Å². The van der Waals surface area contributed by atoms with E-state index in [9.17, 15) is 0 Å². The van der Waals surface area contributed by atoms with Crippen molar-refractivity contribution >= 4 is 11.6 Å². The summed E-state index contributed by atoms with van der Waals surface area (Å²) in [5.74, 6) is 1.53. The first-order chi connectivity index (χ1) is 8.24. The molecule has 0 radical (unpaired) electrons. The SMILES string of the molecule is CN(C)c1n[nH]c(-c2ccc3c(c2)CCN3)n1. The van der Waals surface area contributed by atoms with Gasteiger partial charge in [-0.05, 0) is 30.2 Å². The number of aromatic amines is 1. The van der Waals surface area contributed by atoms with Gasteiger partial charge >= 0.3 is 0 Å². The predicted molar refractivity (Wildman–Crippen MR) is 68.3 cm³/mol. The summed E-state index contributed by atoms with van der Waals surface area (Å²) in [5, 5.41) is 10.5. The molecule has 0 aliphatic carbocycles. The Balaban J connectivity index is 1.97. The van der Waals surface area contributed by atoms with Gasteiger partial charge in [0.1, 0.15) is 0 Å². The second kappa shape index (κ2) is 3.76. The van der Waals surface area contributed by atoms with E-state index in [1.165, 1.54) is 11.3 Å². The van der Waals surface area contributed by atoms with E-state index in [-0.39, 0.29) is 0 Å². The molecular formula is C12H15N5. The summed E-state index contributed by atoms with van der Waals surface area (Å²) < 4.78 is 0. The Morgan fingerprint density at radius 3 is 2.94 bits per heavy atom. The van der Waals surface area contributed by atoms with Crippen molar-refractivity contribution in [3.05, 3.63) is 23.8 Å². The van der Waals surface area contributed by atoms with Crippen molar-refractivity contribution in [3.63, 3.8) is 0 Å². The van der Waals surface area contributed by atoms with E-state index in [0.29, 0.717) is 5.95 Å². The number of nitrogens with one attached hydrogen (secondary N) is 2. The number of aromatic nitrogens is 3. The molecule has 1 aromatic carbocycles. The van der Waals surface area contributed by atoms with Crippen LogP contribution in [0.15, 0.2) is 18.2 Å². The number of nitrogens with zero attached hydrogens (tertiary/aromatic N) is 3. The third-order valence-electron chi connectivity index (χ3n) is 2.96. The summed E-state index contributed by atoms with van der Waals surface area (Å²) in [4.78, 5) is 6.33. The lowest BCUT2D eigenvalue weighted by molar-refractivity contribution is 0.999. The first-order valence-electron chi connectivity index (χ1n) is 5.71. The molecule has 17 heavy (non-hydrogen) atoms. The Bertz CT molecular complexity index is 544. The number of benzene rings is 1. The quantitative estimate of drug-likeness (QED) is 0.819. The van der Waals surface area contributed by atoms with Crippen molar-refractivity contribution in [1.82, 2.24) is 15.2 Å². The maximum Gasteiger partial charge on any atom is 0.244 e. The lowest BCUT2D eigenvalue weighted by Crippen LogP contribution is -2.10. The first kappa shape index (κ1) is 10.1. The van der Waals surface area contributed by atoms with Gasteiger partial charge in [-0.25, -0.2) is 0 Å². The number of fused-ring (bicyclic) bond motifs is 1. The monoisotopic (exact) mass is 229 g/mol. The molecule has 0 bridgehead atoms. The first-order valence-corrected chi connectivity index (χ1v) is 5.71. The molecule has 5 heteroatoms. The number of hydrogen-bond acceptors (Lipinski definition) is 4. The minimum Gasteiger partial charge on any atom is -0.384 e. The molecule has 2 heterocycles. The summed E-state index contributed by atoms with van der Waals surface area (Å²) in [7, 11) is 3.86. The van der Waals surface area contributed by atoms with E-state index in [2.05, 4.69) is 38.7 Å². The second-order valence-corrected chi connectivity index (χ2v) is 4.43. The van der Waals surface area contributed by atoms with Gasteiger partial charge in [-0.1, -0.05) is 0 Å². The van der Waals surface area contributed by atoms with Gasteiger partial charge in [0.15, 0.2) is 5.82 Å². The third kappa shape index (κ3) is 1.73. The van der Waals surface area contributed by atoms with Crippen LogP contribution in [0.1, 0.15) is 5.56 Å². The second-order valence-electron chi connectivity index (χ2n) is 4.43. The molecule has 0 unspecified atom stereocenters. The minimum absolute atomic E-state index is 0.707. The van der Waals surface area contributed by atoms with E-state index in [1.54, 1.807) is 0 Å². The largest absolute Gasteiger partial charge is 0.384 e. The summed E-state index contributed by atoms with van der Waals surface area (Å²) >= 11 is 0. The standard InChI is InChI=1S/C12H15N5/c1-17(2)12-14-11(15-16-12)9-3-4-10-8(7-9)5-6-13-10/h3-4,7,13H,5-6H2,1-2H3,(H,14,15,16). The summed E-state index contributed by atoms with van der Waals surface area (Å²) in [5.41, 5.74) is 3.68. The summed E-state index contributed by atoms with van der Waals surface area (Å²) in [6.45, 7) is 1.03. The highest BCUT2D eigenvalue weighted by atomic mass is 15.3. The van der Waals surface area contributed by atoms with Gasteiger partial charge in [0.25, 0.3) is 0 Å². The lowest BCUT2D eigenvalue weighted by atomic mass is 10.1. The van der Waals surface area contributed by atoms with E-state index in [1.807, 2.05) is 19.0 Å². The molecule has 5 nitrogen and oxygen atoms in total. The van der Waals surface area contributed by atoms with Gasteiger partial charge < -0.3 is 10.2 Å². The summed E-state index contributed by atoms with van der Waals surface area (Å²) in [6.07, 6.45) is 1.08. The molecule has 1 aliphatic heterocycles. The van der Waals surface area contributed by atoms with Crippen LogP contribution in [0.25, 0.3) is 11.4 Å². The number of hydrogen-bond donors (Lipinski definition) is 2. The molecule has 2 aromatic rings. The number of anilines is 2. The van der Waals surface area contributed by atoms with Crippen molar-refractivity contribution in [3.8, 4) is 11.4 Å². The highest BCUT2D eigenvalue weighted by molar-refractivity contribution is 5.66. The fraction of sp³-hybridized carbons (Fsp3) is 0.333.